The van der Waals surface area contributed by atoms with Crippen LogP contribution in [0.15, 0.2) is 18.2 Å². The number of ether oxygens (including phenoxy) is 2. The normalized spacial score (nSPS) is 14.2. The van der Waals surface area contributed by atoms with Gasteiger partial charge in [-0.05, 0) is 18.4 Å². The molecular weight excluding hydrogens is 320 g/mol. The first-order valence-electron chi connectivity index (χ1n) is 8.87. The van der Waals surface area contributed by atoms with Gasteiger partial charge in [0.2, 0.25) is 11.8 Å². The molecule has 2 N–H and O–H groups in total. The summed E-state index contributed by atoms with van der Waals surface area (Å²) >= 11 is 0. The van der Waals surface area contributed by atoms with Crippen molar-refractivity contribution in [3.05, 3.63) is 23.8 Å². The van der Waals surface area contributed by atoms with Gasteiger partial charge in [-0.1, -0.05) is 37.8 Å². The van der Waals surface area contributed by atoms with Crippen molar-refractivity contribution in [1.29, 1.82) is 0 Å². The van der Waals surface area contributed by atoms with Gasteiger partial charge >= 0.3 is 0 Å². The van der Waals surface area contributed by atoms with Gasteiger partial charge in [0, 0.05) is 18.5 Å². The zero-order valence-corrected chi connectivity index (χ0v) is 15.1. The molecule has 0 spiro atoms. The standard InChI is InChI=1S/C19H28N2O4/c1-24-16-9-5-8-15(19(16)25-2)12-20-18(23)13-21-17(22)11-10-14-6-3-4-7-14/h5,8-9,14H,3-4,6-7,10-13H2,1-2H3,(H,20,23)(H,21,22). The average Bonchev–Trinajstić information content (AvgIpc) is 3.16. The molecule has 138 valence electrons. The molecule has 0 radical (unpaired) electrons. The van der Waals surface area contributed by atoms with Gasteiger partial charge in [0.1, 0.15) is 0 Å². The van der Waals surface area contributed by atoms with Gasteiger partial charge in [-0.25, -0.2) is 0 Å². The fraction of sp³-hybridized carbons (Fsp3) is 0.579. The second-order valence-electron chi connectivity index (χ2n) is 6.40. The number of para-hydroxylation sites is 1. The van der Waals surface area contributed by atoms with Crippen LogP contribution in [0.1, 0.15) is 44.1 Å². The van der Waals surface area contributed by atoms with Gasteiger partial charge in [0.25, 0.3) is 0 Å². The number of nitrogens with one attached hydrogen (secondary N) is 2. The lowest BCUT2D eigenvalue weighted by Crippen LogP contribution is -2.36. The summed E-state index contributed by atoms with van der Waals surface area (Å²) in [6.45, 7) is 0.312. The van der Waals surface area contributed by atoms with Gasteiger partial charge in [0.05, 0.1) is 20.8 Å². The lowest BCUT2D eigenvalue weighted by molar-refractivity contribution is -0.126. The van der Waals surface area contributed by atoms with E-state index in [1.165, 1.54) is 25.7 Å². The number of rotatable bonds is 9. The second-order valence-corrected chi connectivity index (χ2v) is 6.40. The van der Waals surface area contributed by atoms with E-state index < -0.39 is 0 Å². The van der Waals surface area contributed by atoms with Crippen molar-refractivity contribution >= 4 is 11.8 Å². The molecule has 1 aliphatic rings. The van der Waals surface area contributed by atoms with E-state index >= 15 is 0 Å². The van der Waals surface area contributed by atoms with Gasteiger partial charge in [-0.15, -0.1) is 0 Å². The molecule has 2 amide bonds. The lowest BCUT2D eigenvalue weighted by Gasteiger charge is -2.13. The predicted octanol–water partition coefficient (Wildman–Crippen LogP) is 2.41. The molecule has 0 aromatic heterocycles. The van der Waals surface area contributed by atoms with Gasteiger partial charge in [-0.3, -0.25) is 9.59 Å². The molecule has 0 atom stereocenters. The lowest BCUT2D eigenvalue weighted by atomic mass is 10.0. The van der Waals surface area contributed by atoms with Crippen molar-refractivity contribution < 1.29 is 19.1 Å². The number of hydrogen-bond donors (Lipinski definition) is 2. The topological polar surface area (TPSA) is 76.7 Å². The van der Waals surface area contributed by atoms with Crippen molar-refractivity contribution in [3.63, 3.8) is 0 Å². The first-order chi connectivity index (χ1) is 12.1. The Morgan fingerprint density at radius 3 is 2.52 bits per heavy atom. The van der Waals surface area contributed by atoms with Gasteiger partial charge in [0.15, 0.2) is 11.5 Å². The van der Waals surface area contributed by atoms with E-state index in [2.05, 4.69) is 10.6 Å². The summed E-state index contributed by atoms with van der Waals surface area (Å²) in [7, 11) is 3.13. The summed E-state index contributed by atoms with van der Waals surface area (Å²) in [6, 6.07) is 5.50. The molecule has 1 aliphatic carbocycles. The predicted molar refractivity (Wildman–Crippen MR) is 95.6 cm³/mol. The maximum Gasteiger partial charge on any atom is 0.239 e. The third kappa shape index (κ3) is 5.96. The Balaban J connectivity index is 1.70. The Morgan fingerprint density at radius 2 is 1.84 bits per heavy atom. The van der Waals surface area contributed by atoms with Crippen LogP contribution in [0.4, 0.5) is 0 Å². The summed E-state index contributed by atoms with van der Waals surface area (Å²) in [5.41, 5.74) is 0.822. The van der Waals surface area contributed by atoms with E-state index in [0.29, 0.717) is 30.4 Å². The summed E-state index contributed by atoms with van der Waals surface area (Å²) < 4.78 is 10.6. The second kappa shape index (κ2) is 9.91. The Bertz CT molecular complexity index is 583. The maximum atomic E-state index is 11.9. The van der Waals surface area contributed by atoms with Crippen molar-refractivity contribution in [1.82, 2.24) is 10.6 Å². The van der Waals surface area contributed by atoms with Crippen molar-refractivity contribution in [3.8, 4) is 11.5 Å². The molecule has 1 aromatic rings. The van der Waals surface area contributed by atoms with Crippen LogP contribution < -0.4 is 20.1 Å². The minimum atomic E-state index is -0.223. The zero-order chi connectivity index (χ0) is 18.1. The van der Waals surface area contributed by atoms with E-state index in [1.807, 2.05) is 12.1 Å². The highest BCUT2D eigenvalue weighted by Crippen LogP contribution is 2.30. The molecule has 0 saturated heterocycles. The molecule has 1 saturated carbocycles. The van der Waals surface area contributed by atoms with Gasteiger partial charge in [-0.2, -0.15) is 0 Å². The highest BCUT2D eigenvalue weighted by molar-refractivity contribution is 5.84. The fourth-order valence-electron chi connectivity index (χ4n) is 3.25. The summed E-state index contributed by atoms with van der Waals surface area (Å²) in [5, 5.41) is 5.48. The molecule has 0 unspecified atom stereocenters. The van der Waals surface area contributed by atoms with Crippen LogP contribution in [0.3, 0.4) is 0 Å². The minimum Gasteiger partial charge on any atom is -0.493 e. The summed E-state index contributed by atoms with van der Waals surface area (Å²) in [6.07, 6.45) is 6.45. The van der Waals surface area contributed by atoms with Gasteiger partial charge < -0.3 is 20.1 Å². The van der Waals surface area contributed by atoms with E-state index in [0.717, 1.165) is 12.0 Å². The first-order valence-corrected chi connectivity index (χ1v) is 8.87. The molecule has 2 rings (SSSR count). The zero-order valence-electron chi connectivity index (χ0n) is 15.1. The van der Waals surface area contributed by atoms with Crippen molar-refractivity contribution in [2.45, 2.75) is 45.1 Å². The van der Waals surface area contributed by atoms with Crippen LogP contribution in [0.25, 0.3) is 0 Å². The van der Waals surface area contributed by atoms with Crippen LogP contribution in [-0.2, 0) is 16.1 Å². The van der Waals surface area contributed by atoms with Crippen LogP contribution in [0.2, 0.25) is 0 Å². The Hall–Kier alpha value is -2.24. The number of hydrogen-bond acceptors (Lipinski definition) is 4. The highest BCUT2D eigenvalue weighted by Gasteiger charge is 2.16. The number of benzene rings is 1. The van der Waals surface area contributed by atoms with Crippen molar-refractivity contribution in [2.75, 3.05) is 20.8 Å². The molecule has 0 bridgehead atoms. The van der Waals surface area contributed by atoms with Crippen LogP contribution >= 0.6 is 0 Å². The molecule has 1 aromatic carbocycles. The smallest absolute Gasteiger partial charge is 0.239 e. The number of carbonyl (C=O) groups is 2. The SMILES string of the molecule is COc1cccc(CNC(=O)CNC(=O)CCC2CCCC2)c1OC. The van der Waals surface area contributed by atoms with Crippen LogP contribution in [-0.4, -0.2) is 32.6 Å². The fourth-order valence-corrected chi connectivity index (χ4v) is 3.25. The third-order valence-corrected chi connectivity index (χ3v) is 4.66. The molecule has 25 heavy (non-hydrogen) atoms. The number of carbonyl (C=O) groups excluding carboxylic acids is 2. The summed E-state index contributed by atoms with van der Waals surface area (Å²) in [4.78, 5) is 23.8. The average molecular weight is 348 g/mol. The quantitative estimate of drug-likeness (QED) is 0.718. The molecule has 6 heteroatoms. The first kappa shape index (κ1) is 19.1. The Labute approximate surface area is 149 Å². The van der Waals surface area contributed by atoms with Crippen LogP contribution in [0, 0.1) is 5.92 Å². The Kier molecular flexibility index (Phi) is 7.57. The van der Waals surface area contributed by atoms with E-state index in [4.69, 9.17) is 9.47 Å². The number of amides is 2. The van der Waals surface area contributed by atoms with Crippen LogP contribution in [0.5, 0.6) is 11.5 Å². The molecular formula is C19H28N2O4. The largest absolute Gasteiger partial charge is 0.493 e. The third-order valence-electron chi connectivity index (χ3n) is 4.66. The molecule has 6 nitrogen and oxygen atoms in total. The number of methoxy groups -OCH3 is 2. The minimum absolute atomic E-state index is 0.00418. The molecule has 0 aliphatic heterocycles. The van der Waals surface area contributed by atoms with E-state index in [-0.39, 0.29) is 18.4 Å². The summed E-state index contributed by atoms with van der Waals surface area (Å²) in [5.74, 6) is 1.63. The Morgan fingerprint density at radius 1 is 1.08 bits per heavy atom. The van der Waals surface area contributed by atoms with E-state index in [1.54, 1.807) is 20.3 Å². The van der Waals surface area contributed by atoms with Crippen molar-refractivity contribution in [2.24, 2.45) is 5.92 Å². The highest BCUT2D eigenvalue weighted by atomic mass is 16.5. The van der Waals surface area contributed by atoms with E-state index in [9.17, 15) is 9.59 Å². The molecule has 1 fully saturated rings. The monoisotopic (exact) mass is 348 g/mol. The molecule has 0 heterocycles. The maximum absolute atomic E-state index is 11.9.